The second kappa shape index (κ2) is 5.86. The third-order valence-electron chi connectivity index (χ3n) is 2.29. The van der Waals surface area contributed by atoms with Crippen LogP contribution in [-0.4, -0.2) is 27.7 Å². The third-order valence-corrected chi connectivity index (χ3v) is 2.48. The van der Waals surface area contributed by atoms with Crippen molar-refractivity contribution in [2.75, 3.05) is 17.7 Å². The van der Waals surface area contributed by atoms with Crippen molar-refractivity contribution in [1.82, 2.24) is 9.97 Å². The van der Waals surface area contributed by atoms with E-state index < -0.39 is 0 Å². The van der Waals surface area contributed by atoms with Crippen molar-refractivity contribution >= 4 is 23.4 Å². The lowest BCUT2D eigenvalue weighted by atomic mass is 10.0. The number of aliphatic hydroxyl groups is 1. The highest BCUT2D eigenvalue weighted by Gasteiger charge is 2.13. The molecule has 0 bridgehead atoms. The molecule has 1 unspecified atom stereocenters. The van der Waals surface area contributed by atoms with E-state index in [1.165, 1.54) is 0 Å². The van der Waals surface area contributed by atoms with Crippen molar-refractivity contribution in [3.05, 3.63) is 11.2 Å². The fourth-order valence-corrected chi connectivity index (χ4v) is 1.60. The molecule has 0 fully saturated rings. The Morgan fingerprint density at radius 3 is 2.69 bits per heavy atom. The van der Waals surface area contributed by atoms with Crippen molar-refractivity contribution < 1.29 is 5.11 Å². The molecule has 4 N–H and O–H groups in total. The Hall–Kier alpha value is -1.07. The van der Waals surface area contributed by atoms with Crippen molar-refractivity contribution in [3.8, 4) is 0 Å². The maximum absolute atomic E-state index is 8.95. The first-order valence-corrected chi connectivity index (χ1v) is 5.58. The molecule has 1 rings (SSSR count). The number of nitrogens with one attached hydrogen (secondary N) is 1. The van der Waals surface area contributed by atoms with E-state index in [4.69, 9.17) is 22.4 Å². The molecule has 0 aromatic carbocycles. The molecule has 90 valence electrons. The number of halogens is 1. The van der Waals surface area contributed by atoms with Gasteiger partial charge in [0.05, 0.1) is 0 Å². The van der Waals surface area contributed by atoms with Crippen molar-refractivity contribution in [2.24, 2.45) is 5.92 Å². The first-order valence-electron chi connectivity index (χ1n) is 5.20. The molecule has 0 aliphatic rings. The highest BCUT2D eigenvalue weighted by atomic mass is 35.5. The number of aliphatic hydroxyl groups excluding tert-OH is 1. The van der Waals surface area contributed by atoms with Crippen LogP contribution in [0, 0.1) is 5.92 Å². The Morgan fingerprint density at radius 1 is 1.50 bits per heavy atom. The SMILES string of the molecule is CC(C)C(CCO)Nc1cc(Cl)nc(N)n1. The number of nitrogens with two attached hydrogens (primary N) is 1. The monoisotopic (exact) mass is 244 g/mol. The summed E-state index contributed by atoms with van der Waals surface area (Å²) in [5.41, 5.74) is 5.49. The predicted molar refractivity (Wildman–Crippen MR) is 65.4 cm³/mol. The Kier molecular flexibility index (Phi) is 4.76. The molecule has 0 saturated heterocycles. The lowest BCUT2D eigenvalue weighted by Gasteiger charge is -2.22. The highest BCUT2D eigenvalue weighted by molar-refractivity contribution is 6.29. The van der Waals surface area contributed by atoms with Gasteiger partial charge in [0.15, 0.2) is 0 Å². The van der Waals surface area contributed by atoms with E-state index in [1.54, 1.807) is 6.07 Å². The Bertz CT molecular complexity index is 325. The lowest BCUT2D eigenvalue weighted by Crippen LogP contribution is -2.27. The average Bonchev–Trinajstić information content (AvgIpc) is 2.15. The normalized spacial score (nSPS) is 12.8. The van der Waals surface area contributed by atoms with Crippen LogP contribution in [0.2, 0.25) is 5.15 Å². The molecule has 1 atom stereocenters. The summed E-state index contributed by atoms with van der Waals surface area (Å²) in [7, 11) is 0. The second-order valence-electron chi connectivity index (χ2n) is 3.94. The molecule has 0 aliphatic carbocycles. The van der Waals surface area contributed by atoms with E-state index in [-0.39, 0.29) is 18.6 Å². The Labute approximate surface area is 100 Å². The zero-order chi connectivity index (χ0) is 12.1. The van der Waals surface area contributed by atoms with Crippen molar-refractivity contribution in [2.45, 2.75) is 26.3 Å². The number of rotatable bonds is 5. The topological polar surface area (TPSA) is 84.1 Å². The van der Waals surface area contributed by atoms with Crippen LogP contribution < -0.4 is 11.1 Å². The van der Waals surface area contributed by atoms with Gasteiger partial charge in [-0.15, -0.1) is 0 Å². The zero-order valence-electron chi connectivity index (χ0n) is 9.44. The van der Waals surface area contributed by atoms with Gasteiger partial charge in [-0.2, -0.15) is 4.98 Å². The summed E-state index contributed by atoms with van der Waals surface area (Å²) in [6, 6.07) is 1.75. The summed E-state index contributed by atoms with van der Waals surface area (Å²) in [6.45, 7) is 4.27. The van der Waals surface area contributed by atoms with Gasteiger partial charge >= 0.3 is 0 Å². The molecule has 0 spiro atoms. The van der Waals surface area contributed by atoms with Gasteiger partial charge in [0, 0.05) is 18.7 Å². The average molecular weight is 245 g/mol. The third kappa shape index (κ3) is 3.83. The molecule has 5 nitrogen and oxygen atoms in total. The second-order valence-corrected chi connectivity index (χ2v) is 4.33. The lowest BCUT2D eigenvalue weighted by molar-refractivity contribution is 0.267. The number of aromatic nitrogens is 2. The van der Waals surface area contributed by atoms with Crippen LogP contribution in [0.1, 0.15) is 20.3 Å². The molecule has 0 saturated carbocycles. The van der Waals surface area contributed by atoms with E-state index in [1.807, 2.05) is 0 Å². The van der Waals surface area contributed by atoms with Crippen LogP contribution in [0.4, 0.5) is 11.8 Å². The Morgan fingerprint density at radius 2 is 2.19 bits per heavy atom. The maximum Gasteiger partial charge on any atom is 0.223 e. The summed E-state index contributed by atoms with van der Waals surface area (Å²) < 4.78 is 0. The van der Waals surface area contributed by atoms with Crippen LogP contribution in [0.25, 0.3) is 0 Å². The first-order chi connectivity index (χ1) is 7.52. The number of hydrogen-bond acceptors (Lipinski definition) is 5. The molecule has 0 aliphatic heterocycles. The molecule has 0 amide bonds. The van der Waals surface area contributed by atoms with Crippen LogP contribution in [0.15, 0.2) is 6.07 Å². The molecule has 6 heteroatoms. The summed E-state index contributed by atoms with van der Waals surface area (Å²) in [5.74, 6) is 1.10. The molecule has 1 aromatic rings. The van der Waals surface area contributed by atoms with Gasteiger partial charge in [-0.25, -0.2) is 4.98 Å². The van der Waals surface area contributed by atoms with Gasteiger partial charge in [0.2, 0.25) is 5.95 Å². The van der Waals surface area contributed by atoms with E-state index in [9.17, 15) is 0 Å². The molecular formula is C10H17ClN4O. The minimum Gasteiger partial charge on any atom is -0.396 e. The summed E-state index contributed by atoms with van der Waals surface area (Å²) >= 11 is 5.77. The number of nitrogen functional groups attached to an aromatic ring is 1. The largest absolute Gasteiger partial charge is 0.396 e. The van der Waals surface area contributed by atoms with Gasteiger partial charge < -0.3 is 16.2 Å². The van der Waals surface area contributed by atoms with E-state index in [2.05, 4.69) is 29.1 Å². The molecular weight excluding hydrogens is 228 g/mol. The maximum atomic E-state index is 8.95. The van der Waals surface area contributed by atoms with Gasteiger partial charge in [0.1, 0.15) is 11.0 Å². The first kappa shape index (κ1) is 13.0. The van der Waals surface area contributed by atoms with Crippen molar-refractivity contribution in [1.29, 1.82) is 0 Å². The quantitative estimate of drug-likeness (QED) is 0.684. The summed E-state index contributed by atoms with van der Waals surface area (Å²) in [5, 5.41) is 12.4. The van der Waals surface area contributed by atoms with E-state index in [0.29, 0.717) is 23.3 Å². The predicted octanol–water partition coefficient (Wildman–Crippen LogP) is 1.53. The smallest absolute Gasteiger partial charge is 0.223 e. The fraction of sp³-hybridized carbons (Fsp3) is 0.600. The standard InChI is InChI=1S/C10H17ClN4O/c1-6(2)7(3-4-16)13-9-5-8(11)14-10(12)15-9/h5-7,16H,3-4H2,1-2H3,(H3,12,13,14,15). The summed E-state index contributed by atoms with van der Waals surface area (Å²) in [4.78, 5) is 7.80. The zero-order valence-corrected chi connectivity index (χ0v) is 10.2. The van der Waals surface area contributed by atoms with Crippen molar-refractivity contribution in [3.63, 3.8) is 0 Å². The molecule has 0 radical (unpaired) electrons. The van der Waals surface area contributed by atoms with Crippen LogP contribution in [-0.2, 0) is 0 Å². The van der Waals surface area contributed by atoms with Crippen LogP contribution in [0.3, 0.4) is 0 Å². The summed E-state index contributed by atoms with van der Waals surface area (Å²) in [6.07, 6.45) is 0.652. The minimum atomic E-state index is 0.129. The van der Waals surface area contributed by atoms with Crippen LogP contribution >= 0.6 is 11.6 Å². The minimum absolute atomic E-state index is 0.129. The molecule has 1 aromatic heterocycles. The highest BCUT2D eigenvalue weighted by Crippen LogP contribution is 2.17. The number of nitrogens with zero attached hydrogens (tertiary/aromatic N) is 2. The van der Waals surface area contributed by atoms with Gasteiger partial charge in [-0.3, -0.25) is 0 Å². The van der Waals surface area contributed by atoms with Gasteiger partial charge in [-0.05, 0) is 12.3 Å². The van der Waals surface area contributed by atoms with E-state index in [0.717, 1.165) is 0 Å². The fourth-order valence-electron chi connectivity index (χ4n) is 1.41. The van der Waals surface area contributed by atoms with Gasteiger partial charge in [0.25, 0.3) is 0 Å². The van der Waals surface area contributed by atoms with Crippen LogP contribution in [0.5, 0.6) is 0 Å². The van der Waals surface area contributed by atoms with Gasteiger partial charge in [-0.1, -0.05) is 25.4 Å². The molecule has 16 heavy (non-hydrogen) atoms. The molecule has 1 heterocycles. The number of anilines is 2. The Balaban J connectivity index is 2.76. The van der Waals surface area contributed by atoms with E-state index >= 15 is 0 Å². The number of hydrogen-bond donors (Lipinski definition) is 3.